The van der Waals surface area contributed by atoms with Crippen LogP contribution in [0.4, 0.5) is 17.2 Å². The Bertz CT molecular complexity index is 769. The van der Waals surface area contributed by atoms with E-state index in [2.05, 4.69) is 9.97 Å². The minimum absolute atomic E-state index is 0.0535. The molecule has 122 valence electrons. The van der Waals surface area contributed by atoms with Gasteiger partial charge in [-0.05, 0) is 23.7 Å². The normalized spacial score (nSPS) is 10.6. The van der Waals surface area contributed by atoms with Crippen LogP contribution >= 0.6 is 46.4 Å². The van der Waals surface area contributed by atoms with Gasteiger partial charge in [-0.3, -0.25) is 4.79 Å². The maximum Gasteiger partial charge on any atom is 0.224 e. The molecule has 0 radical (unpaired) electrons. The summed E-state index contributed by atoms with van der Waals surface area (Å²) in [4.78, 5) is 22.8. The summed E-state index contributed by atoms with van der Waals surface area (Å²) in [5.74, 6) is 0.216. The summed E-state index contributed by atoms with van der Waals surface area (Å²) in [6, 6.07) is 3.23. The zero-order valence-electron chi connectivity index (χ0n) is 12.4. The Labute approximate surface area is 153 Å². The number of benzene rings is 1. The van der Waals surface area contributed by atoms with Crippen LogP contribution in [-0.2, 0) is 4.79 Å². The second-order valence-corrected chi connectivity index (χ2v) is 6.26. The highest BCUT2D eigenvalue weighted by Gasteiger charge is 2.20. The van der Waals surface area contributed by atoms with Crippen LogP contribution in [0.3, 0.4) is 0 Å². The minimum Gasteiger partial charge on any atom is -0.326 e. The second kappa shape index (κ2) is 7.09. The molecule has 0 aliphatic carbocycles. The minimum atomic E-state index is -0.162. The molecule has 0 spiro atoms. The number of nitrogens with zero attached hydrogens (tertiary/aromatic N) is 4. The lowest BCUT2D eigenvalue weighted by atomic mass is 10.2. The summed E-state index contributed by atoms with van der Waals surface area (Å²) < 4.78 is 0. The Morgan fingerprint density at radius 1 is 1.00 bits per heavy atom. The van der Waals surface area contributed by atoms with Crippen LogP contribution in [0.1, 0.15) is 6.92 Å². The van der Waals surface area contributed by atoms with Crippen LogP contribution < -0.4 is 9.80 Å². The van der Waals surface area contributed by atoms with Gasteiger partial charge in [-0.15, -0.1) is 0 Å². The number of amides is 1. The third-order valence-electron chi connectivity index (χ3n) is 3.23. The zero-order valence-corrected chi connectivity index (χ0v) is 15.5. The van der Waals surface area contributed by atoms with Gasteiger partial charge in [-0.25, -0.2) is 4.98 Å². The molecular formula is C14H12Cl4N4O. The summed E-state index contributed by atoms with van der Waals surface area (Å²) in [6.45, 7) is 1.45. The number of hydrogen-bond acceptors (Lipinski definition) is 4. The van der Waals surface area contributed by atoms with Crippen LogP contribution in [0.5, 0.6) is 0 Å². The number of hydrogen-bond donors (Lipinski definition) is 0. The number of carbonyl (C=O) groups is 1. The van der Waals surface area contributed by atoms with Crippen LogP contribution in [0, 0.1) is 0 Å². The van der Waals surface area contributed by atoms with E-state index in [0.717, 1.165) is 0 Å². The Kier molecular flexibility index (Phi) is 5.57. The molecule has 9 heteroatoms. The smallest absolute Gasteiger partial charge is 0.224 e. The summed E-state index contributed by atoms with van der Waals surface area (Å²) >= 11 is 24.2. The Morgan fingerprint density at radius 2 is 1.57 bits per heavy atom. The largest absolute Gasteiger partial charge is 0.326 e. The van der Waals surface area contributed by atoms with Gasteiger partial charge in [0.05, 0.1) is 27.6 Å². The van der Waals surface area contributed by atoms with Gasteiger partial charge in [0, 0.05) is 21.0 Å². The molecule has 0 N–H and O–H groups in total. The second-order valence-electron chi connectivity index (χ2n) is 4.70. The van der Waals surface area contributed by atoms with Crippen molar-refractivity contribution < 1.29 is 4.79 Å². The molecule has 1 aromatic heterocycles. The van der Waals surface area contributed by atoms with Crippen molar-refractivity contribution in [2.45, 2.75) is 6.92 Å². The summed E-state index contributed by atoms with van der Waals surface area (Å²) in [6.07, 6.45) is 1.40. The summed E-state index contributed by atoms with van der Waals surface area (Å²) in [5, 5.41) is 1.03. The van der Waals surface area contributed by atoms with Crippen molar-refractivity contribution in [2.24, 2.45) is 0 Å². The van der Waals surface area contributed by atoms with Crippen LogP contribution in [0.15, 0.2) is 18.3 Å². The average Bonchev–Trinajstić information content (AvgIpc) is 2.50. The fourth-order valence-corrected chi connectivity index (χ4v) is 2.58. The molecule has 0 aliphatic rings. The highest BCUT2D eigenvalue weighted by atomic mass is 35.5. The van der Waals surface area contributed by atoms with E-state index in [9.17, 15) is 4.79 Å². The summed E-state index contributed by atoms with van der Waals surface area (Å²) in [7, 11) is 3.36. The Morgan fingerprint density at radius 3 is 2.13 bits per heavy atom. The highest BCUT2D eigenvalue weighted by Crippen LogP contribution is 2.40. The maximum absolute atomic E-state index is 11.7. The number of rotatable bonds is 3. The molecular weight excluding hydrogens is 382 g/mol. The predicted octanol–water partition coefficient (Wildman–Crippen LogP) is 4.84. The monoisotopic (exact) mass is 392 g/mol. The first-order chi connectivity index (χ1) is 10.7. The molecule has 0 fully saturated rings. The van der Waals surface area contributed by atoms with E-state index < -0.39 is 0 Å². The molecule has 1 aromatic carbocycles. The first-order valence-electron chi connectivity index (χ1n) is 6.37. The molecule has 2 rings (SSSR count). The van der Waals surface area contributed by atoms with Crippen LogP contribution in [-0.4, -0.2) is 30.0 Å². The molecule has 2 aromatic rings. The lowest BCUT2D eigenvalue weighted by molar-refractivity contribution is -0.116. The van der Waals surface area contributed by atoms with Gasteiger partial charge in [0.1, 0.15) is 5.02 Å². The summed E-state index contributed by atoms with van der Waals surface area (Å²) in [5.41, 5.74) is 1.15. The van der Waals surface area contributed by atoms with Crippen molar-refractivity contribution in [3.63, 3.8) is 0 Å². The standard InChI is InChI=1S/C14H12Cl4N4O/c1-7(23)21(2)11-4-8(15)9(16)5-12(11)22(3)13-10(17)6-19-14(18)20-13/h4-6H,1-3H3. The van der Waals surface area contributed by atoms with Crippen LogP contribution in [0.25, 0.3) is 0 Å². The molecule has 23 heavy (non-hydrogen) atoms. The first kappa shape index (κ1) is 18.1. The number of aromatic nitrogens is 2. The first-order valence-corrected chi connectivity index (χ1v) is 7.88. The molecule has 1 amide bonds. The fourth-order valence-electron chi connectivity index (χ4n) is 1.92. The van der Waals surface area contributed by atoms with E-state index in [1.54, 1.807) is 31.1 Å². The third kappa shape index (κ3) is 3.80. The molecule has 0 unspecified atom stereocenters. The molecule has 5 nitrogen and oxygen atoms in total. The Balaban J connectivity index is 2.63. The lowest BCUT2D eigenvalue weighted by Gasteiger charge is -2.26. The lowest BCUT2D eigenvalue weighted by Crippen LogP contribution is -2.25. The van der Waals surface area contributed by atoms with Crippen molar-refractivity contribution >= 4 is 69.5 Å². The maximum atomic E-state index is 11.7. The molecule has 0 saturated carbocycles. The molecule has 0 bridgehead atoms. The van der Waals surface area contributed by atoms with Gasteiger partial charge in [-0.2, -0.15) is 4.98 Å². The van der Waals surface area contributed by atoms with Gasteiger partial charge in [0.25, 0.3) is 0 Å². The highest BCUT2D eigenvalue weighted by molar-refractivity contribution is 6.42. The zero-order chi connectivity index (χ0) is 17.3. The molecule has 0 atom stereocenters. The Hall–Kier alpha value is -1.27. The average molecular weight is 394 g/mol. The number of halogens is 4. The molecule has 0 saturated heterocycles. The number of anilines is 3. The van der Waals surface area contributed by atoms with E-state index in [4.69, 9.17) is 46.4 Å². The fraction of sp³-hybridized carbons (Fsp3) is 0.214. The van der Waals surface area contributed by atoms with Crippen molar-refractivity contribution in [1.29, 1.82) is 0 Å². The topological polar surface area (TPSA) is 49.3 Å². The molecule has 0 aliphatic heterocycles. The van der Waals surface area contributed by atoms with E-state index in [1.165, 1.54) is 18.0 Å². The van der Waals surface area contributed by atoms with Crippen molar-refractivity contribution in [1.82, 2.24) is 9.97 Å². The SMILES string of the molecule is CC(=O)N(C)c1cc(Cl)c(Cl)cc1N(C)c1nc(Cl)ncc1Cl. The number of carbonyl (C=O) groups excluding carboxylic acids is 1. The van der Waals surface area contributed by atoms with Gasteiger partial charge >= 0.3 is 0 Å². The van der Waals surface area contributed by atoms with Gasteiger partial charge in [0.15, 0.2) is 5.82 Å². The van der Waals surface area contributed by atoms with E-state index in [1.807, 2.05) is 0 Å². The van der Waals surface area contributed by atoms with E-state index in [0.29, 0.717) is 32.3 Å². The third-order valence-corrected chi connectivity index (χ3v) is 4.40. The van der Waals surface area contributed by atoms with Crippen molar-refractivity contribution in [3.05, 3.63) is 38.7 Å². The van der Waals surface area contributed by atoms with Gasteiger partial charge in [-0.1, -0.05) is 34.8 Å². The van der Waals surface area contributed by atoms with Gasteiger partial charge in [0.2, 0.25) is 11.2 Å². The van der Waals surface area contributed by atoms with Crippen molar-refractivity contribution in [2.75, 3.05) is 23.9 Å². The van der Waals surface area contributed by atoms with Gasteiger partial charge < -0.3 is 9.80 Å². The molecule has 1 heterocycles. The van der Waals surface area contributed by atoms with Crippen molar-refractivity contribution in [3.8, 4) is 0 Å². The van der Waals surface area contributed by atoms with E-state index in [-0.39, 0.29) is 11.2 Å². The predicted molar refractivity (Wildman–Crippen MR) is 95.7 cm³/mol. The van der Waals surface area contributed by atoms with E-state index >= 15 is 0 Å². The quantitative estimate of drug-likeness (QED) is 0.700. The van der Waals surface area contributed by atoms with Crippen LogP contribution in [0.2, 0.25) is 20.4 Å².